The molecule has 1 atom stereocenters. The molecule has 128 valence electrons. The van der Waals surface area contributed by atoms with Gasteiger partial charge in [0.2, 0.25) is 0 Å². The van der Waals surface area contributed by atoms with Gasteiger partial charge in [-0.25, -0.2) is 0 Å². The van der Waals surface area contributed by atoms with Crippen molar-refractivity contribution in [2.75, 3.05) is 26.2 Å². The van der Waals surface area contributed by atoms with E-state index in [1.807, 2.05) is 18.2 Å². The van der Waals surface area contributed by atoms with Crippen LogP contribution in [-0.2, 0) is 0 Å². The maximum Gasteiger partial charge on any atom is 0.0454 e. The van der Waals surface area contributed by atoms with Crippen molar-refractivity contribution in [3.63, 3.8) is 0 Å². The molecular formula is C16H26Cl4N2. The van der Waals surface area contributed by atoms with Crippen molar-refractivity contribution in [3.8, 4) is 0 Å². The van der Waals surface area contributed by atoms with E-state index in [2.05, 4.69) is 24.1 Å². The molecule has 0 amide bonds. The van der Waals surface area contributed by atoms with Gasteiger partial charge >= 0.3 is 0 Å². The first-order chi connectivity index (χ1) is 9.58. The Kier molecular flexibility index (Phi) is 11.1. The maximum atomic E-state index is 6.42. The number of hydrogen-bond acceptors (Lipinski definition) is 2. The Balaban J connectivity index is 0.00000220. The predicted molar refractivity (Wildman–Crippen MR) is 102 cm³/mol. The molecule has 1 aromatic carbocycles. The Hall–Kier alpha value is 0.300. The molecule has 1 fully saturated rings. The lowest BCUT2D eigenvalue weighted by atomic mass is 9.95. The van der Waals surface area contributed by atoms with Crippen molar-refractivity contribution in [1.29, 1.82) is 0 Å². The van der Waals surface area contributed by atoms with Crippen LogP contribution in [0.5, 0.6) is 0 Å². The van der Waals surface area contributed by atoms with E-state index in [0.29, 0.717) is 12.0 Å². The number of halogens is 4. The van der Waals surface area contributed by atoms with Crippen LogP contribution >= 0.6 is 48.0 Å². The summed E-state index contributed by atoms with van der Waals surface area (Å²) in [6.45, 7) is 8.80. The highest BCUT2D eigenvalue weighted by atomic mass is 35.5. The lowest BCUT2D eigenvalue weighted by Crippen LogP contribution is -2.45. The fraction of sp³-hybridized carbons (Fsp3) is 0.625. The van der Waals surface area contributed by atoms with Crippen LogP contribution in [0.1, 0.15) is 38.3 Å². The molecule has 6 heteroatoms. The van der Waals surface area contributed by atoms with Gasteiger partial charge in [0.15, 0.2) is 0 Å². The first-order valence-corrected chi connectivity index (χ1v) is 8.23. The monoisotopic (exact) mass is 386 g/mol. The number of hydrogen-bond donors (Lipinski definition) is 1. The molecule has 2 rings (SSSR count). The summed E-state index contributed by atoms with van der Waals surface area (Å²) in [5.41, 5.74) is 1.18. The van der Waals surface area contributed by atoms with Crippen molar-refractivity contribution in [2.24, 2.45) is 5.92 Å². The van der Waals surface area contributed by atoms with Gasteiger partial charge in [-0.05, 0) is 42.5 Å². The van der Waals surface area contributed by atoms with Crippen LogP contribution in [0.15, 0.2) is 18.2 Å². The molecule has 1 aromatic rings. The molecular weight excluding hydrogens is 362 g/mol. The van der Waals surface area contributed by atoms with Gasteiger partial charge in [0.1, 0.15) is 0 Å². The van der Waals surface area contributed by atoms with Crippen LogP contribution in [0.4, 0.5) is 0 Å². The average molecular weight is 388 g/mol. The Morgan fingerprint density at radius 1 is 1.09 bits per heavy atom. The maximum absolute atomic E-state index is 6.42. The fourth-order valence-electron chi connectivity index (χ4n) is 2.79. The summed E-state index contributed by atoms with van der Waals surface area (Å²) in [5.74, 6) is 0.707. The van der Waals surface area contributed by atoms with Crippen molar-refractivity contribution in [3.05, 3.63) is 33.8 Å². The summed E-state index contributed by atoms with van der Waals surface area (Å²) >= 11 is 12.6. The largest absolute Gasteiger partial charge is 0.314 e. The third-order valence-electron chi connectivity index (χ3n) is 3.93. The Bertz CT molecular complexity index is 434. The molecule has 1 saturated heterocycles. The van der Waals surface area contributed by atoms with Gasteiger partial charge in [-0.15, -0.1) is 24.8 Å². The molecule has 0 saturated carbocycles. The van der Waals surface area contributed by atoms with Gasteiger partial charge in [0.25, 0.3) is 0 Å². The zero-order valence-electron chi connectivity index (χ0n) is 13.1. The summed E-state index contributed by atoms with van der Waals surface area (Å²) in [6.07, 6.45) is 2.34. The van der Waals surface area contributed by atoms with Gasteiger partial charge in [0.05, 0.1) is 0 Å². The van der Waals surface area contributed by atoms with Gasteiger partial charge in [-0.1, -0.05) is 37.0 Å². The van der Waals surface area contributed by atoms with E-state index >= 15 is 0 Å². The Labute approximate surface area is 156 Å². The van der Waals surface area contributed by atoms with Crippen LogP contribution in [0, 0.1) is 5.92 Å². The van der Waals surface area contributed by atoms with Crippen LogP contribution < -0.4 is 5.32 Å². The lowest BCUT2D eigenvalue weighted by molar-refractivity contribution is 0.160. The van der Waals surface area contributed by atoms with Crippen LogP contribution in [0.3, 0.4) is 0 Å². The second kappa shape index (κ2) is 11.0. The van der Waals surface area contributed by atoms with Gasteiger partial charge in [-0.2, -0.15) is 0 Å². The highest BCUT2D eigenvalue weighted by Gasteiger charge is 2.24. The van der Waals surface area contributed by atoms with Gasteiger partial charge in [0, 0.05) is 42.3 Å². The van der Waals surface area contributed by atoms with E-state index in [1.165, 1.54) is 12.0 Å². The van der Waals surface area contributed by atoms with Crippen molar-refractivity contribution in [2.45, 2.75) is 32.7 Å². The van der Waals surface area contributed by atoms with E-state index in [1.54, 1.807) is 0 Å². The number of piperazine rings is 1. The minimum atomic E-state index is 0. The number of benzene rings is 1. The first-order valence-electron chi connectivity index (χ1n) is 7.47. The van der Waals surface area contributed by atoms with Crippen molar-refractivity contribution >= 4 is 48.0 Å². The van der Waals surface area contributed by atoms with E-state index in [9.17, 15) is 0 Å². The SMILES string of the molecule is CC(C)CC[C@H](c1cc(Cl)ccc1Cl)N1CCNCC1.Cl.Cl. The van der Waals surface area contributed by atoms with Gasteiger partial charge < -0.3 is 5.32 Å². The molecule has 1 heterocycles. The number of nitrogens with one attached hydrogen (secondary N) is 1. The third kappa shape index (κ3) is 6.43. The third-order valence-corrected chi connectivity index (χ3v) is 4.51. The summed E-state index contributed by atoms with van der Waals surface area (Å²) in [6, 6.07) is 6.21. The van der Waals surface area contributed by atoms with Gasteiger partial charge in [-0.3, -0.25) is 4.90 Å². The van der Waals surface area contributed by atoms with Crippen molar-refractivity contribution in [1.82, 2.24) is 10.2 Å². The van der Waals surface area contributed by atoms with Crippen LogP contribution in [0.25, 0.3) is 0 Å². The van der Waals surface area contributed by atoms with Crippen LogP contribution in [-0.4, -0.2) is 31.1 Å². The number of nitrogens with zero attached hydrogens (tertiary/aromatic N) is 1. The van der Waals surface area contributed by atoms with E-state index < -0.39 is 0 Å². The number of rotatable bonds is 5. The summed E-state index contributed by atoms with van der Waals surface area (Å²) in [4.78, 5) is 2.54. The molecule has 0 radical (unpaired) electrons. The molecule has 22 heavy (non-hydrogen) atoms. The van der Waals surface area contributed by atoms with E-state index in [0.717, 1.165) is 42.6 Å². The Morgan fingerprint density at radius 2 is 1.73 bits per heavy atom. The molecule has 1 aliphatic heterocycles. The molecule has 2 nitrogen and oxygen atoms in total. The highest BCUT2D eigenvalue weighted by Crippen LogP contribution is 2.34. The van der Waals surface area contributed by atoms with Crippen molar-refractivity contribution < 1.29 is 0 Å². The first kappa shape index (κ1) is 22.3. The molecule has 0 aliphatic carbocycles. The molecule has 0 aromatic heterocycles. The minimum Gasteiger partial charge on any atom is -0.314 e. The lowest BCUT2D eigenvalue weighted by Gasteiger charge is -2.36. The molecule has 0 bridgehead atoms. The second-order valence-electron chi connectivity index (χ2n) is 5.94. The zero-order chi connectivity index (χ0) is 14.5. The Morgan fingerprint density at radius 3 is 2.32 bits per heavy atom. The molecule has 0 unspecified atom stereocenters. The molecule has 1 N–H and O–H groups in total. The summed E-state index contributed by atoms with van der Waals surface area (Å²) in [7, 11) is 0. The topological polar surface area (TPSA) is 15.3 Å². The second-order valence-corrected chi connectivity index (χ2v) is 6.78. The summed E-state index contributed by atoms with van der Waals surface area (Å²) in [5, 5.41) is 5.02. The normalized spacial score (nSPS) is 16.8. The average Bonchev–Trinajstić information content (AvgIpc) is 2.43. The quantitative estimate of drug-likeness (QED) is 0.744. The summed E-state index contributed by atoms with van der Waals surface area (Å²) < 4.78 is 0. The predicted octanol–water partition coefficient (Wildman–Crippen LogP) is 5.22. The molecule has 0 spiro atoms. The van der Waals surface area contributed by atoms with E-state index in [4.69, 9.17) is 23.2 Å². The minimum absolute atomic E-state index is 0. The standard InChI is InChI=1S/C16H24Cl2N2.2ClH/c1-12(2)3-6-16(20-9-7-19-8-10-20)14-11-13(17)4-5-15(14)18;;/h4-5,11-12,16,19H,3,6-10H2,1-2H3;2*1H/t16-;;/m1../s1. The zero-order valence-corrected chi connectivity index (χ0v) is 16.3. The fourth-order valence-corrected chi connectivity index (χ4v) is 3.21. The molecule has 1 aliphatic rings. The smallest absolute Gasteiger partial charge is 0.0454 e. The van der Waals surface area contributed by atoms with Crippen LogP contribution in [0.2, 0.25) is 10.0 Å². The highest BCUT2D eigenvalue weighted by molar-refractivity contribution is 6.33. The van der Waals surface area contributed by atoms with E-state index in [-0.39, 0.29) is 24.8 Å².